The molecule has 1 fully saturated rings. The molecule has 6 nitrogen and oxygen atoms in total. The highest BCUT2D eigenvalue weighted by atomic mass is 32.1. The number of rotatable bonds is 6. The number of carbonyl (C=O) groups excluding carboxylic acids is 3. The highest BCUT2D eigenvalue weighted by molar-refractivity contribution is 7.09. The van der Waals surface area contributed by atoms with Crippen molar-refractivity contribution in [3.05, 3.63) is 58.0 Å². The second kappa shape index (κ2) is 7.48. The van der Waals surface area contributed by atoms with Crippen LogP contribution in [0.1, 0.15) is 24.3 Å². The molecule has 1 unspecified atom stereocenters. The van der Waals surface area contributed by atoms with Crippen LogP contribution in [-0.2, 0) is 21.7 Å². The zero-order chi connectivity index (χ0) is 19.6. The molecule has 0 bridgehead atoms. The second-order valence-electron chi connectivity index (χ2n) is 6.44. The van der Waals surface area contributed by atoms with Crippen LogP contribution in [0.5, 0.6) is 0 Å². The second-order valence-corrected chi connectivity index (χ2v) is 7.47. The van der Waals surface area contributed by atoms with Crippen LogP contribution < -0.4 is 5.32 Å². The van der Waals surface area contributed by atoms with Gasteiger partial charge in [-0.05, 0) is 43.0 Å². The molecule has 1 N–H and O–H groups in total. The van der Waals surface area contributed by atoms with Gasteiger partial charge in [-0.2, -0.15) is 0 Å². The maximum absolute atomic E-state index is 13.2. The summed E-state index contributed by atoms with van der Waals surface area (Å²) in [5.41, 5.74) is -0.862. The van der Waals surface area contributed by atoms with Gasteiger partial charge in [0.2, 0.25) is 5.91 Å². The molecule has 4 amide bonds. The molecule has 27 heavy (non-hydrogen) atoms. The van der Waals surface area contributed by atoms with Gasteiger partial charge in [-0.1, -0.05) is 18.2 Å². The molecule has 8 heteroatoms. The third-order valence-corrected chi connectivity index (χ3v) is 5.51. The molecule has 3 rings (SSSR count). The summed E-state index contributed by atoms with van der Waals surface area (Å²) in [6.45, 7) is 3.97. The molecular formula is C19H20FN3O3S. The Morgan fingerprint density at radius 2 is 1.96 bits per heavy atom. The van der Waals surface area contributed by atoms with Crippen LogP contribution in [0.2, 0.25) is 0 Å². The van der Waals surface area contributed by atoms with Crippen LogP contribution in [0, 0.1) is 5.82 Å². The van der Waals surface area contributed by atoms with Crippen LogP contribution in [-0.4, -0.2) is 40.7 Å². The van der Waals surface area contributed by atoms with Crippen LogP contribution >= 0.6 is 11.3 Å². The van der Waals surface area contributed by atoms with Crippen LogP contribution in [0.4, 0.5) is 9.18 Å². The van der Waals surface area contributed by atoms with E-state index in [2.05, 4.69) is 5.32 Å². The van der Waals surface area contributed by atoms with Crippen molar-refractivity contribution in [3.8, 4) is 0 Å². The van der Waals surface area contributed by atoms with Gasteiger partial charge in [-0.3, -0.25) is 14.5 Å². The highest BCUT2D eigenvalue weighted by Gasteiger charge is 2.49. The first-order chi connectivity index (χ1) is 12.8. The smallest absolute Gasteiger partial charge is 0.325 e. The Kier molecular flexibility index (Phi) is 5.27. The maximum atomic E-state index is 13.2. The van der Waals surface area contributed by atoms with Crippen LogP contribution in [0.3, 0.4) is 0 Å². The van der Waals surface area contributed by atoms with Crippen molar-refractivity contribution >= 4 is 29.2 Å². The lowest BCUT2D eigenvalue weighted by atomic mass is 9.92. The minimum Gasteiger partial charge on any atom is -0.336 e. The molecule has 1 aromatic carbocycles. The van der Waals surface area contributed by atoms with Crippen molar-refractivity contribution in [2.75, 3.05) is 13.1 Å². The number of amides is 4. The predicted molar refractivity (Wildman–Crippen MR) is 99.4 cm³/mol. The average Bonchev–Trinajstić information content (AvgIpc) is 3.23. The average molecular weight is 389 g/mol. The SMILES string of the molecule is CCN(Cc1cccs1)C(=O)CN1C(=O)NC(C)(c2ccc(F)cc2)C1=O. The summed E-state index contributed by atoms with van der Waals surface area (Å²) < 4.78 is 13.2. The van der Waals surface area contributed by atoms with Crippen molar-refractivity contribution in [2.24, 2.45) is 0 Å². The molecular weight excluding hydrogens is 369 g/mol. The summed E-state index contributed by atoms with van der Waals surface area (Å²) in [5, 5.41) is 4.55. The largest absolute Gasteiger partial charge is 0.336 e. The van der Waals surface area contributed by atoms with Crippen molar-refractivity contribution in [2.45, 2.75) is 25.9 Å². The van der Waals surface area contributed by atoms with E-state index >= 15 is 0 Å². The zero-order valence-electron chi connectivity index (χ0n) is 15.1. The first-order valence-corrected chi connectivity index (χ1v) is 9.43. The van der Waals surface area contributed by atoms with E-state index in [4.69, 9.17) is 0 Å². The van der Waals surface area contributed by atoms with Gasteiger partial charge in [-0.15, -0.1) is 11.3 Å². The van der Waals surface area contributed by atoms with Gasteiger partial charge >= 0.3 is 6.03 Å². The molecule has 0 aliphatic carbocycles. The molecule has 0 radical (unpaired) electrons. The van der Waals surface area contributed by atoms with E-state index in [1.54, 1.807) is 23.2 Å². The summed E-state index contributed by atoms with van der Waals surface area (Å²) in [5.74, 6) is -1.27. The minimum atomic E-state index is -1.32. The number of imide groups is 1. The van der Waals surface area contributed by atoms with Gasteiger partial charge in [-0.25, -0.2) is 9.18 Å². The van der Waals surface area contributed by atoms with Gasteiger partial charge in [0.05, 0.1) is 6.54 Å². The lowest BCUT2D eigenvalue weighted by Gasteiger charge is -2.24. The summed E-state index contributed by atoms with van der Waals surface area (Å²) in [4.78, 5) is 41.4. The zero-order valence-corrected chi connectivity index (χ0v) is 15.9. The van der Waals surface area contributed by atoms with Gasteiger partial charge in [0.1, 0.15) is 17.9 Å². The number of nitrogens with zero attached hydrogens (tertiary/aromatic N) is 2. The molecule has 0 saturated carbocycles. The van der Waals surface area contributed by atoms with Gasteiger partial charge in [0, 0.05) is 11.4 Å². The number of urea groups is 1. The lowest BCUT2D eigenvalue weighted by molar-refractivity contribution is -0.139. The van der Waals surface area contributed by atoms with Crippen LogP contribution in [0.15, 0.2) is 41.8 Å². The third-order valence-electron chi connectivity index (χ3n) is 4.65. The topological polar surface area (TPSA) is 69.7 Å². The predicted octanol–water partition coefficient (Wildman–Crippen LogP) is 2.70. The lowest BCUT2D eigenvalue weighted by Crippen LogP contribution is -2.44. The number of nitrogens with one attached hydrogen (secondary N) is 1. The van der Waals surface area contributed by atoms with Crippen molar-refractivity contribution in [1.29, 1.82) is 0 Å². The van der Waals surface area contributed by atoms with Crippen molar-refractivity contribution in [3.63, 3.8) is 0 Å². The number of halogens is 1. The molecule has 1 aliphatic rings. The van der Waals surface area contributed by atoms with Gasteiger partial charge < -0.3 is 10.2 Å². The summed E-state index contributed by atoms with van der Waals surface area (Å²) in [6.07, 6.45) is 0. The van der Waals surface area contributed by atoms with Crippen molar-refractivity contribution < 1.29 is 18.8 Å². The fourth-order valence-electron chi connectivity index (χ4n) is 3.02. The molecule has 1 atom stereocenters. The third kappa shape index (κ3) is 3.71. The maximum Gasteiger partial charge on any atom is 0.325 e. The van der Waals surface area contributed by atoms with E-state index in [-0.39, 0.29) is 12.5 Å². The Morgan fingerprint density at radius 1 is 1.26 bits per heavy atom. The Labute approximate surface area is 160 Å². The first-order valence-electron chi connectivity index (χ1n) is 8.55. The van der Waals surface area contributed by atoms with E-state index in [0.717, 1.165) is 9.78 Å². The normalized spacial score (nSPS) is 19.3. The summed E-state index contributed by atoms with van der Waals surface area (Å²) in [7, 11) is 0. The number of carbonyl (C=O) groups is 3. The number of hydrogen-bond acceptors (Lipinski definition) is 4. The number of thiophene rings is 1. The molecule has 1 aromatic heterocycles. The quantitative estimate of drug-likeness (QED) is 0.773. The molecule has 2 aromatic rings. The van der Waals surface area contributed by atoms with E-state index in [1.807, 2.05) is 24.4 Å². The Balaban J connectivity index is 1.74. The van der Waals surface area contributed by atoms with E-state index in [1.165, 1.54) is 24.3 Å². The van der Waals surface area contributed by atoms with E-state index < -0.39 is 23.3 Å². The van der Waals surface area contributed by atoms with Gasteiger partial charge in [0.15, 0.2) is 0 Å². The van der Waals surface area contributed by atoms with Crippen LogP contribution in [0.25, 0.3) is 0 Å². The Bertz CT molecular complexity index is 854. The van der Waals surface area contributed by atoms with Crippen molar-refractivity contribution in [1.82, 2.24) is 15.1 Å². The molecule has 1 saturated heterocycles. The fourth-order valence-corrected chi connectivity index (χ4v) is 3.74. The molecule has 142 valence electrons. The fraction of sp³-hybridized carbons (Fsp3) is 0.316. The number of hydrogen-bond donors (Lipinski definition) is 1. The highest BCUT2D eigenvalue weighted by Crippen LogP contribution is 2.29. The summed E-state index contributed by atoms with van der Waals surface area (Å²) in [6, 6.07) is 8.57. The standard InChI is InChI=1S/C19H20FN3O3S/c1-3-22(11-15-5-4-10-27-15)16(24)12-23-17(25)19(2,21-18(23)26)13-6-8-14(20)9-7-13/h4-10H,3,11-12H2,1-2H3,(H,21,26). The monoisotopic (exact) mass is 389 g/mol. The Hall–Kier alpha value is -2.74. The first kappa shape index (κ1) is 19.0. The Morgan fingerprint density at radius 3 is 2.56 bits per heavy atom. The number of benzene rings is 1. The molecule has 0 spiro atoms. The van der Waals surface area contributed by atoms with E-state index in [0.29, 0.717) is 18.7 Å². The minimum absolute atomic E-state index is 0.308. The number of likely N-dealkylation sites (N-methyl/N-ethyl adjacent to an activating group) is 1. The molecule has 1 aliphatic heterocycles. The summed E-state index contributed by atoms with van der Waals surface area (Å²) >= 11 is 1.54. The van der Waals surface area contributed by atoms with E-state index in [9.17, 15) is 18.8 Å². The molecule has 2 heterocycles. The van der Waals surface area contributed by atoms with Gasteiger partial charge in [0.25, 0.3) is 5.91 Å².